The summed E-state index contributed by atoms with van der Waals surface area (Å²) in [4.78, 5) is 24.6. The Bertz CT molecular complexity index is 808. The number of carbonyl (C=O) groups excluding carboxylic acids is 1. The summed E-state index contributed by atoms with van der Waals surface area (Å²) in [5.74, 6) is 0.165. The molecule has 122 valence electrons. The highest BCUT2D eigenvalue weighted by Gasteiger charge is 2.27. The molecule has 5 nitrogen and oxygen atoms in total. The quantitative estimate of drug-likeness (QED) is 0.943. The van der Waals surface area contributed by atoms with E-state index in [4.69, 9.17) is 5.73 Å². The van der Waals surface area contributed by atoms with Crippen molar-refractivity contribution in [3.8, 4) is 0 Å². The molecule has 0 saturated heterocycles. The largest absolute Gasteiger partial charge is 0.366 e. The third kappa shape index (κ3) is 2.58. The van der Waals surface area contributed by atoms with Crippen molar-refractivity contribution in [3.63, 3.8) is 0 Å². The minimum absolute atomic E-state index is 0.0837. The van der Waals surface area contributed by atoms with Gasteiger partial charge in [0.1, 0.15) is 0 Å². The molecule has 2 fully saturated rings. The van der Waals surface area contributed by atoms with Gasteiger partial charge in [0.05, 0.1) is 11.0 Å². The van der Waals surface area contributed by atoms with Crippen molar-refractivity contribution in [3.05, 3.63) is 34.2 Å². The zero-order valence-corrected chi connectivity index (χ0v) is 13.3. The molecule has 2 aliphatic rings. The third-order valence-corrected chi connectivity index (χ3v) is 5.32. The van der Waals surface area contributed by atoms with Crippen LogP contribution in [0.15, 0.2) is 23.0 Å². The molecule has 1 aromatic carbocycles. The van der Waals surface area contributed by atoms with Crippen LogP contribution in [-0.2, 0) is 6.54 Å². The second kappa shape index (κ2) is 5.55. The summed E-state index contributed by atoms with van der Waals surface area (Å²) in [6.07, 6.45) is 8.16. The average molecular weight is 313 g/mol. The fraction of sp³-hybridized carbons (Fsp3) is 0.556. The Labute approximate surface area is 135 Å². The molecular formula is C18H23N3O2. The van der Waals surface area contributed by atoms with E-state index in [2.05, 4.69) is 0 Å². The predicted octanol–water partition coefficient (Wildman–Crippen LogP) is 2.82. The van der Waals surface area contributed by atoms with E-state index >= 15 is 0 Å². The van der Waals surface area contributed by atoms with Gasteiger partial charge >= 0.3 is 5.69 Å². The number of hydrogen-bond acceptors (Lipinski definition) is 2. The van der Waals surface area contributed by atoms with Crippen LogP contribution >= 0.6 is 0 Å². The van der Waals surface area contributed by atoms with Crippen molar-refractivity contribution >= 4 is 16.9 Å². The van der Waals surface area contributed by atoms with Crippen molar-refractivity contribution in [2.24, 2.45) is 11.7 Å². The zero-order chi connectivity index (χ0) is 16.0. The van der Waals surface area contributed by atoms with Crippen LogP contribution in [0.1, 0.15) is 61.3 Å². The van der Waals surface area contributed by atoms with Crippen LogP contribution in [0.25, 0.3) is 11.0 Å². The molecule has 2 N–H and O–H groups in total. The normalized spacial score (nSPS) is 19.3. The van der Waals surface area contributed by atoms with Gasteiger partial charge < -0.3 is 5.73 Å². The molecule has 0 bridgehead atoms. The molecule has 4 rings (SSSR count). The topological polar surface area (TPSA) is 70.0 Å². The Morgan fingerprint density at radius 1 is 1.09 bits per heavy atom. The van der Waals surface area contributed by atoms with Crippen molar-refractivity contribution in [1.29, 1.82) is 0 Å². The first-order valence-corrected chi connectivity index (χ1v) is 8.70. The van der Waals surface area contributed by atoms with Gasteiger partial charge in [-0.2, -0.15) is 0 Å². The molecule has 1 heterocycles. The fourth-order valence-corrected chi connectivity index (χ4v) is 3.86. The molecule has 2 aliphatic carbocycles. The number of hydrogen-bond donors (Lipinski definition) is 1. The highest BCUT2D eigenvalue weighted by atomic mass is 16.2. The molecule has 2 aromatic rings. The van der Waals surface area contributed by atoms with Gasteiger partial charge in [-0.3, -0.25) is 13.9 Å². The van der Waals surface area contributed by atoms with E-state index in [9.17, 15) is 9.59 Å². The first-order valence-electron chi connectivity index (χ1n) is 8.70. The number of rotatable bonds is 4. The molecule has 0 aliphatic heterocycles. The molecular weight excluding hydrogens is 290 g/mol. The zero-order valence-electron chi connectivity index (χ0n) is 13.3. The predicted molar refractivity (Wildman–Crippen MR) is 89.6 cm³/mol. The maximum Gasteiger partial charge on any atom is 0.329 e. The number of benzene rings is 1. The second-order valence-corrected chi connectivity index (χ2v) is 7.07. The van der Waals surface area contributed by atoms with Gasteiger partial charge in [-0.25, -0.2) is 4.79 Å². The van der Waals surface area contributed by atoms with E-state index in [1.165, 1.54) is 32.1 Å². The van der Waals surface area contributed by atoms with E-state index < -0.39 is 5.91 Å². The Balaban J connectivity index is 1.89. The molecule has 1 amide bonds. The lowest BCUT2D eigenvalue weighted by molar-refractivity contribution is 0.100. The Morgan fingerprint density at radius 3 is 2.48 bits per heavy atom. The maximum absolute atomic E-state index is 13.0. The summed E-state index contributed by atoms with van der Waals surface area (Å²) in [5, 5.41) is 0. The number of nitrogens with zero attached hydrogens (tertiary/aromatic N) is 2. The molecule has 0 radical (unpaired) electrons. The van der Waals surface area contributed by atoms with Crippen LogP contribution < -0.4 is 11.4 Å². The monoisotopic (exact) mass is 313 g/mol. The Kier molecular flexibility index (Phi) is 3.51. The van der Waals surface area contributed by atoms with Crippen molar-refractivity contribution in [2.75, 3.05) is 0 Å². The molecule has 23 heavy (non-hydrogen) atoms. The van der Waals surface area contributed by atoms with Crippen molar-refractivity contribution in [2.45, 2.75) is 57.5 Å². The average Bonchev–Trinajstić information content (AvgIpc) is 3.33. The van der Waals surface area contributed by atoms with Crippen LogP contribution in [0.5, 0.6) is 0 Å². The van der Waals surface area contributed by atoms with E-state index in [1.807, 2.05) is 15.2 Å². The smallest absolute Gasteiger partial charge is 0.329 e. The number of aromatic nitrogens is 2. The molecule has 0 spiro atoms. The fourth-order valence-electron chi connectivity index (χ4n) is 3.86. The summed E-state index contributed by atoms with van der Waals surface area (Å²) in [5.41, 5.74) is 7.80. The van der Waals surface area contributed by atoms with Gasteiger partial charge in [0.25, 0.3) is 0 Å². The minimum atomic E-state index is -0.442. The number of fused-ring (bicyclic) bond motifs is 1. The highest BCUT2D eigenvalue weighted by Crippen LogP contribution is 2.33. The van der Waals surface area contributed by atoms with Crippen molar-refractivity contribution < 1.29 is 4.79 Å². The molecule has 0 unspecified atom stereocenters. The SMILES string of the molecule is NC(=O)c1ccc2c(c1)n(CC1CC1)c(=O)n2C1CCCCC1. The van der Waals surface area contributed by atoms with Gasteiger partial charge in [-0.1, -0.05) is 19.3 Å². The molecule has 2 saturated carbocycles. The maximum atomic E-state index is 13.0. The van der Waals surface area contributed by atoms with Crippen LogP contribution in [0, 0.1) is 5.92 Å². The minimum Gasteiger partial charge on any atom is -0.366 e. The van der Waals surface area contributed by atoms with Crippen LogP contribution in [-0.4, -0.2) is 15.0 Å². The van der Waals surface area contributed by atoms with Crippen LogP contribution in [0.2, 0.25) is 0 Å². The number of primary amides is 1. The molecule has 1 aromatic heterocycles. The Morgan fingerprint density at radius 2 is 1.83 bits per heavy atom. The lowest BCUT2D eigenvalue weighted by Crippen LogP contribution is -2.29. The van der Waals surface area contributed by atoms with Crippen LogP contribution in [0.3, 0.4) is 0 Å². The molecule has 0 atom stereocenters. The number of imidazole rings is 1. The third-order valence-electron chi connectivity index (χ3n) is 5.32. The number of nitrogens with two attached hydrogens (primary N) is 1. The summed E-state index contributed by atoms with van der Waals surface area (Å²) in [6.45, 7) is 0.761. The summed E-state index contributed by atoms with van der Waals surface area (Å²) >= 11 is 0. The van der Waals surface area contributed by atoms with Crippen LogP contribution in [0.4, 0.5) is 0 Å². The Hall–Kier alpha value is -2.04. The van der Waals surface area contributed by atoms with Crippen molar-refractivity contribution in [1.82, 2.24) is 9.13 Å². The van der Waals surface area contributed by atoms with Gasteiger partial charge in [-0.05, 0) is 49.8 Å². The highest BCUT2D eigenvalue weighted by molar-refractivity contribution is 5.96. The first kappa shape index (κ1) is 14.5. The van der Waals surface area contributed by atoms with E-state index in [0.29, 0.717) is 17.5 Å². The summed E-state index contributed by atoms with van der Waals surface area (Å²) in [6, 6.07) is 5.72. The van der Waals surface area contributed by atoms with E-state index in [1.54, 1.807) is 12.1 Å². The van der Waals surface area contributed by atoms with E-state index in [-0.39, 0.29) is 5.69 Å². The second-order valence-electron chi connectivity index (χ2n) is 7.07. The number of carbonyl (C=O) groups is 1. The first-order chi connectivity index (χ1) is 11.1. The van der Waals surface area contributed by atoms with E-state index in [0.717, 1.165) is 30.4 Å². The lowest BCUT2D eigenvalue weighted by Gasteiger charge is -2.22. The molecule has 5 heteroatoms. The van der Waals surface area contributed by atoms with Gasteiger partial charge in [0.15, 0.2) is 0 Å². The van der Waals surface area contributed by atoms with Gasteiger partial charge in [0.2, 0.25) is 5.91 Å². The standard InChI is InChI=1S/C18H23N3O2/c19-17(22)13-8-9-15-16(10-13)20(11-12-6-7-12)18(23)21(15)14-4-2-1-3-5-14/h8-10,12,14H,1-7,11H2,(H2,19,22). The van der Waals surface area contributed by atoms with Gasteiger partial charge in [-0.15, -0.1) is 0 Å². The lowest BCUT2D eigenvalue weighted by atomic mass is 9.95. The summed E-state index contributed by atoms with van der Waals surface area (Å²) in [7, 11) is 0. The number of amides is 1. The van der Waals surface area contributed by atoms with Gasteiger partial charge in [0, 0.05) is 18.2 Å². The summed E-state index contributed by atoms with van der Waals surface area (Å²) < 4.78 is 3.84.